The number of hydrogen-bond donors (Lipinski definition) is 0. The van der Waals surface area contributed by atoms with Crippen molar-refractivity contribution < 1.29 is 0 Å². The Morgan fingerprint density at radius 1 is 1.00 bits per heavy atom. The molecule has 0 N–H and O–H groups in total. The summed E-state index contributed by atoms with van der Waals surface area (Å²) in [5, 5.41) is 0. The Hall–Kier alpha value is -1.04. The molecular weight excluding hydrogens is 192 g/mol. The predicted molar refractivity (Wildman–Crippen MR) is 73.5 cm³/mol. The number of aryl methyl sites for hydroxylation is 1. The van der Waals surface area contributed by atoms with Crippen molar-refractivity contribution in [1.29, 1.82) is 0 Å². The largest absolute Gasteiger partial charge is 0.0814 e. The normalized spacial score (nSPS) is 11.9. The number of rotatable bonds is 5. The van der Waals surface area contributed by atoms with Crippen LogP contribution in [0.2, 0.25) is 0 Å². The highest BCUT2D eigenvalue weighted by Gasteiger charge is 1.96. The van der Waals surface area contributed by atoms with Crippen molar-refractivity contribution in [3.63, 3.8) is 0 Å². The van der Waals surface area contributed by atoms with Crippen LogP contribution in [-0.4, -0.2) is 0 Å². The minimum Gasteiger partial charge on any atom is -0.0814 e. The molecule has 0 heterocycles. The fraction of sp³-hybridized carbons (Fsp3) is 0.500. The van der Waals surface area contributed by atoms with Gasteiger partial charge >= 0.3 is 0 Å². The molecule has 0 radical (unpaired) electrons. The van der Waals surface area contributed by atoms with Crippen LogP contribution in [0.4, 0.5) is 0 Å². The minimum atomic E-state index is 0.626. The summed E-state index contributed by atoms with van der Waals surface area (Å²) in [5.74, 6) is 1.42. The highest BCUT2D eigenvalue weighted by Crippen LogP contribution is 2.12. The number of benzene rings is 1. The third-order valence-corrected chi connectivity index (χ3v) is 2.66. The molecule has 0 aliphatic carbocycles. The average molecular weight is 216 g/mol. The molecule has 0 atom stereocenters. The lowest BCUT2D eigenvalue weighted by molar-refractivity contribution is 0.587. The van der Waals surface area contributed by atoms with E-state index in [0.29, 0.717) is 5.92 Å². The molecule has 1 aromatic carbocycles. The van der Waals surface area contributed by atoms with Gasteiger partial charge in [0.15, 0.2) is 0 Å². The molecule has 0 saturated heterocycles. The van der Waals surface area contributed by atoms with Crippen molar-refractivity contribution in [2.75, 3.05) is 0 Å². The van der Waals surface area contributed by atoms with E-state index in [4.69, 9.17) is 0 Å². The van der Waals surface area contributed by atoms with E-state index in [0.717, 1.165) is 5.92 Å². The maximum Gasteiger partial charge on any atom is -0.0260 e. The first-order valence-electron chi connectivity index (χ1n) is 6.35. The smallest absolute Gasteiger partial charge is 0.0260 e. The van der Waals surface area contributed by atoms with E-state index in [1.165, 1.54) is 24.0 Å². The first-order chi connectivity index (χ1) is 7.58. The topological polar surface area (TPSA) is 0 Å². The second kappa shape index (κ2) is 6.52. The third-order valence-electron chi connectivity index (χ3n) is 2.66. The van der Waals surface area contributed by atoms with Crippen molar-refractivity contribution in [2.24, 2.45) is 11.8 Å². The van der Waals surface area contributed by atoms with Crippen molar-refractivity contribution in [3.05, 3.63) is 41.5 Å². The van der Waals surface area contributed by atoms with Gasteiger partial charge < -0.3 is 0 Å². The van der Waals surface area contributed by atoms with Crippen LogP contribution in [0.1, 0.15) is 45.2 Å². The van der Waals surface area contributed by atoms with Crippen LogP contribution in [0.5, 0.6) is 0 Å². The first kappa shape index (κ1) is 13.0. The summed E-state index contributed by atoms with van der Waals surface area (Å²) in [6, 6.07) is 8.94. The van der Waals surface area contributed by atoms with E-state index in [9.17, 15) is 0 Å². The zero-order valence-electron chi connectivity index (χ0n) is 11.0. The highest BCUT2D eigenvalue weighted by atomic mass is 14.0. The van der Waals surface area contributed by atoms with Gasteiger partial charge in [0.1, 0.15) is 0 Å². The fourth-order valence-electron chi connectivity index (χ4n) is 1.55. The summed E-state index contributed by atoms with van der Waals surface area (Å²) in [7, 11) is 0. The average Bonchev–Trinajstić information content (AvgIpc) is 2.25. The Labute approximate surface area is 100 Å². The van der Waals surface area contributed by atoms with Gasteiger partial charge in [0.2, 0.25) is 0 Å². The van der Waals surface area contributed by atoms with Crippen molar-refractivity contribution in [3.8, 4) is 0 Å². The molecule has 0 saturated carbocycles. The molecule has 0 unspecified atom stereocenters. The number of hydrogen-bond acceptors (Lipinski definition) is 0. The van der Waals surface area contributed by atoms with Crippen LogP contribution in [-0.2, 0) is 6.42 Å². The van der Waals surface area contributed by atoms with Crippen molar-refractivity contribution in [2.45, 2.75) is 40.5 Å². The van der Waals surface area contributed by atoms with Gasteiger partial charge in [-0.15, -0.1) is 0 Å². The molecule has 0 heteroatoms. The summed E-state index contributed by atoms with van der Waals surface area (Å²) in [4.78, 5) is 0. The Bertz CT molecular complexity index is 314. The van der Waals surface area contributed by atoms with Crippen LogP contribution in [0.15, 0.2) is 30.3 Å². The Balaban J connectivity index is 2.54. The summed E-state index contributed by atoms with van der Waals surface area (Å²) in [6.45, 7) is 8.96. The highest BCUT2D eigenvalue weighted by molar-refractivity contribution is 5.49. The number of allylic oxidation sites excluding steroid dienone is 1. The summed E-state index contributed by atoms with van der Waals surface area (Å²) in [5.41, 5.74) is 2.76. The fourth-order valence-corrected chi connectivity index (χ4v) is 1.55. The summed E-state index contributed by atoms with van der Waals surface area (Å²) in [6.07, 6.45) is 6.92. The molecule has 1 rings (SSSR count). The molecule has 0 aliphatic heterocycles. The summed E-state index contributed by atoms with van der Waals surface area (Å²) < 4.78 is 0. The lowest BCUT2D eigenvalue weighted by atomic mass is 10.0. The molecule has 1 aromatic rings. The summed E-state index contributed by atoms with van der Waals surface area (Å²) >= 11 is 0. The van der Waals surface area contributed by atoms with Gasteiger partial charge in [-0.05, 0) is 35.8 Å². The molecule has 0 aromatic heterocycles. The van der Waals surface area contributed by atoms with Crippen molar-refractivity contribution >= 4 is 6.08 Å². The van der Waals surface area contributed by atoms with Gasteiger partial charge in [-0.2, -0.15) is 0 Å². The van der Waals surface area contributed by atoms with Crippen LogP contribution in [0, 0.1) is 11.8 Å². The lowest BCUT2D eigenvalue weighted by Crippen LogP contribution is -1.91. The SMILES string of the molecule is CC(C)/C=C/c1ccc(CCC(C)C)cc1. The zero-order chi connectivity index (χ0) is 12.0. The van der Waals surface area contributed by atoms with E-state index in [1.807, 2.05) is 0 Å². The first-order valence-corrected chi connectivity index (χ1v) is 6.35. The van der Waals surface area contributed by atoms with E-state index < -0.39 is 0 Å². The quantitative estimate of drug-likeness (QED) is 0.653. The van der Waals surface area contributed by atoms with E-state index in [2.05, 4.69) is 64.1 Å². The second-order valence-electron chi connectivity index (χ2n) is 5.28. The monoisotopic (exact) mass is 216 g/mol. The van der Waals surface area contributed by atoms with Gasteiger partial charge in [-0.3, -0.25) is 0 Å². The molecule has 16 heavy (non-hydrogen) atoms. The predicted octanol–water partition coefficient (Wildman–Crippen LogP) is 4.94. The van der Waals surface area contributed by atoms with Crippen LogP contribution in [0.25, 0.3) is 6.08 Å². The Kier molecular flexibility index (Phi) is 5.31. The molecule has 0 bridgehead atoms. The maximum atomic E-state index is 2.28. The zero-order valence-corrected chi connectivity index (χ0v) is 11.0. The van der Waals surface area contributed by atoms with Crippen LogP contribution < -0.4 is 0 Å². The van der Waals surface area contributed by atoms with E-state index in [-0.39, 0.29) is 0 Å². The lowest BCUT2D eigenvalue weighted by Gasteiger charge is -2.05. The Morgan fingerprint density at radius 2 is 1.62 bits per heavy atom. The van der Waals surface area contributed by atoms with Gasteiger partial charge in [0.25, 0.3) is 0 Å². The van der Waals surface area contributed by atoms with Gasteiger partial charge in [0.05, 0.1) is 0 Å². The molecular formula is C16H24. The van der Waals surface area contributed by atoms with Gasteiger partial charge in [-0.1, -0.05) is 64.1 Å². The molecule has 0 nitrogen and oxygen atoms in total. The minimum absolute atomic E-state index is 0.626. The van der Waals surface area contributed by atoms with Crippen LogP contribution >= 0.6 is 0 Å². The van der Waals surface area contributed by atoms with Gasteiger partial charge in [-0.25, -0.2) is 0 Å². The van der Waals surface area contributed by atoms with E-state index >= 15 is 0 Å². The standard InChI is InChI=1S/C16H24/c1-13(2)5-7-15-9-11-16(12-10-15)8-6-14(3)4/h5,7,9-14H,6,8H2,1-4H3/b7-5+. The molecule has 0 aliphatic rings. The van der Waals surface area contributed by atoms with Gasteiger partial charge in [0, 0.05) is 0 Å². The molecule has 0 spiro atoms. The molecule has 0 amide bonds. The second-order valence-corrected chi connectivity index (χ2v) is 5.28. The maximum absolute atomic E-state index is 2.28. The Morgan fingerprint density at radius 3 is 2.12 bits per heavy atom. The van der Waals surface area contributed by atoms with Crippen molar-refractivity contribution in [1.82, 2.24) is 0 Å². The van der Waals surface area contributed by atoms with E-state index in [1.54, 1.807) is 0 Å². The molecule has 88 valence electrons. The molecule has 0 fully saturated rings. The van der Waals surface area contributed by atoms with Crippen LogP contribution in [0.3, 0.4) is 0 Å². The third kappa shape index (κ3) is 5.16.